The van der Waals surface area contributed by atoms with Crippen LogP contribution in [0.1, 0.15) is 16.8 Å². The fourth-order valence-electron chi connectivity index (χ4n) is 1.81. The lowest BCUT2D eigenvalue weighted by Crippen LogP contribution is -1.97. The Morgan fingerprint density at radius 1 is 1.25 bits per heavy atom. The summed E-state index contributed by atoms with van der Waals surface area (Å²) in [4.78, 5) is 4.29. The number of halogens is 1. The van der Waals surface area contributed by atoms with Crippen molar-refractivity contribution in [2.75, 3.05) is 7.11 Å². The van der Waals surface area contributed by atoms with Gasteiger partial charge in [0.2, 0.25) is 5.88 Å². The van der Waals surface area contributed by atoms with E-state index in [4.69, 9.17) is 9.47 Å². The Kier molecular flexibility index (Phi) is 4.26. The van der Waals surface area contributed by atoms with Crippen molar-refractivity contribution in [3.8, 4) is 23.4 Å². The predicted octanol–water partition coefficient (Wildman–Crippen LogP) is 4.13. The molecular formula is C15H13BrN2O2. The average Bonchev–Trinajstić information content (AvgIpc) is 2.40. The molecule has 0 aliphatic carbocycles. The van der Waals surface area contributed by atoms with Gasteiger partial charge in [0.15, 0.2) is 0 Å². The van der Waals surface area contributed by atoms with Crippen LogP contribution in [0, 0.1) is 25.2 Å². The van der Waals surface area contributed by atoms with E-state index in [1.165, 1.54) is 0 Å². The number of benzene rings is 1. The Morgan fingerprint density at radius 3 is 2.60 bits per heavy atom. The molecule has 0 spiro atoms. The molecular weight excluding hydrogens is 320 g/mol. The highest BCUT2D eigenvalue weighted by atomic mass is 79.9. The second-order valence-corrected chi connectivity index (χ2v) is 5.13. The van der Waals surface area contributed by atoms with Crippen LogP contribution in [0.15, 0.2) is 28.7 Å². The van der Waals surface area contributed by atoms with E-state index in [0.29, 0.717) is 17.2 Å². The first kappa shape index (κ1) is 14.4. The summed E-state index contributed by atoms with van der Waals surface area (Å²) in [5, 5.41) is 9.22. The Balaban J connectivity index is 2.42. The lowest BCUT2D eigenvalue weighted by atomic mass is 10.1. The maximum Gasteiger partial charge on any atom is 0.237 e. The third-order valence-corrected chi connectivity index (χ3v) is 3.39. The van der Waals surface area contributed by atoms with Gasteiger partial charge in [0, 0.05) is 5.69 Å². The largest absolute Gasteiger partial charge is 0.497 e. The molecule has 2 rings (SSSR count). The molecule has 0 amide bonds. The minimum Gasteiger partial charge on any atom is -0.497 e. The number of methoxy groups -OCH3 is 1. The highest BCUT2D eigenvalue weighted by Gasteiger charge is 2.12. The summed E-state index contributed by atoms with van der Waals surface area (Å²) in [6.07, 6.45) is 0. The second kappa shape index (κ2) is 5.93. The molecule has 4 nitrogen and oxygen atoms in total. The SMILES string of the molecule is COc1ccc(Oc2nc(C)cc(C)c2C#N)c(Br)c1. The van der Waals surface area contributed by atoms with Crippen molar-refractivity contribution in [1.82, 2.24) is 4.98 Å². The monoisotopic (exact) mass is 332 g/mol. The summed E-state index contributed by atoms with van der Waals surface area (Å²) in [5.74, 6) is 1.62. The Morgan fingerprint density at radius 2 is 2.00 bits per heavy atom. The molecule has 0 unspecified atom stereocenters. The normalized spacial score (nSPS) is 9.95. The van der Waals surface area contributed by atoms with Gasteiger partial charge in [-0.05, 0) is 59.6 Å². The third kappa shape index (κ3) is 2.91. The van der Waals surface area contributed by atoms with Crippen LogP contribution < -0.4 is 9.47 Å². The van der Waals surface area contributed by atoms with Crippen molar-refractivity contribution in [3.05, 3.63) is 45.6 Å². The van der Waals surface area contributed by atoms with E-state index in [9.17, 15) is 5.26 Å². The van der Waals surface area contributed by atoms with Crippen molar-refractivity contribution < 1.29 is 9.47 Å². The highest BCUT2D eigenvalue weighted by molar-refractivity contribution is 9.10. The fourth-order valence-corrected chi connectivity index (χ4v) is 2.25. The average molecular weight is 333 g/mol. The van der Waals surface area contributed by atoms with Gasteiger partial charge in [-0.1, -0.05) is 0 Å². The van der Waals surface area contributed by atoms with Crippen LogP contribution >= 0.6 is 15.9 Å². The number of pyridine rings is 1. The highest BCUT2D eigenvalue weighted by Crippen LogP contribution is 2.33. The van der Waals surface area contributed by atoms with Gasteiger partial charge in [-0.15, -0.1) is 0 Å². The number of rotatable bonds is 3. The molecule has 0 atom stereocenters. The first-order valence-electron chi connectivity index (χ1n) is 5.95. The maximum atomic E-state index is 9.22. The van der Waals surface area contributed by atoms with Crippen LogP contribution in [-0.4, -0.2) is 12.1 Å². The second-order valence-electron chi connectivity index (χ2n) is 4.27. The Labute approximate surface area is 126 Å². The van der Waals surface area contributed by atoms with Crippen molar-refractivity contribution in [3.63, 3.8) is 0 Å². The fraction of sp³-hybridized carbons (Fsp3) is 0.200. The lowest BCUT2D eigenvalue weighted by Gasteiger charge is -2.11. The van der Waals surface area contributed by atoms with E-state index in [-0.39, 0.29) is 0 Å². The minimum absolute atomic E-state index is 0.316. The quantitative estimate of drug-likeness (QED) is 0.847. The molecule has 2 aromatic rings. The first-order valence-corrected chi connectivity index (χ1v) is 6.74. The van der Waals surface area contributed by atoms with Gasteiger partial charge in [0.1, 0.15) is 23.1 Å². The summed E-state index contributed by atoms with van der Waals surface area (Å²) in [6.45, 7) is 3.73. The smallest absolute Gasteiger partial charge is 0.237 e. The molecule has 0 aliphatic rings. The minimum atomic E-state index is 0.316. The lowest BCUT2D eigenvalue weighted by molar-refractivity contribution is 0.411. The zero-order valence-corrected chi connectivity index (χ0v) is 13.0. The van der Waals surface area contributed by atoms with Crippen LogP contribution in [0.5, 0.6) is 17.4 Å². The van der Waals surface area contributed by atoms with E-state index >= 15 is 0 Å². The molecule has 0 bridgehead atoms. The number of nitriles is 1. The van der Waals surface area contributed by atoms with Gasteiger partial charge in [-0.25, -0.2) is 4.98 Å². The number of hydrogen-bond donors (Lipinski definition) is 0. The molecule has 0 aliphatic heterocycles. The van der Waals surface area contributed by atoms with Gasteiger partial charge in [-0.3, -0.25) is 0 Å². The van der Waals surface area contributed by atoms with Crippen LogP contribution in [0.25, 0.3) is 0 Å². The van der Waals surface area contributed by atoms with Gasteiger partial charge in [0.05, 0.1) is 11.6 Å². The van der Waals surface area contributed by atoms with Crippen LogP contribution in [-0.2, 0) is 0 Å². The molecule has 20 heavy (non-hydrogen) atoms. The van der Waals surface area contributed by atoms with Gasteiger partial charge >= 0.3 is 0 Å². The van der Waals surface area contributed by atoms with Gasteiger partial charge in [-0.2, -0.15) is 5.26 Å². The molecule has 102 valence electrons. The third-order valence-electron chi connectivity index (χ3n) is 2.77. The van der Waals surface area contributed by atoms with Crippen LogP contribution in [0.2, 0.25) is 0 Å². The zero-order chi connectivity index (χ0) is 14.7. The molecule has 1 aromatic carbocycles. The van der Waals surface area contributed by atoms with E-state index in [0.717, 1.165) is 21.5 Å². The number of hydrogen-bond acceptors (Lipinski definition) is 4. The molecule has 0 saturated heterocycles. The number of ether oxygens (including phenoxy) is 2. The summed E-state index contributed by atoms with van der Waals surface area (Å²) in [7, 11) is 1.60. The summed E-state index contributed by atoms with van der Waals surface area (Å²) in [6, 6.07) is 9.33. The topological polar surface area (TPSA) is 55.1 Å². The summed E-state index contributed by atoms with van der Waals surface area (Å²) in [5.41, 5.74) is 2.10. The number of aryl methyl sites for hydroxylation is 2. The molecule has 0 N–H and O–H groups in total. The van der Waals surface area contributed by atoms with Crippen molar-refractivity contribution >= 4 is 15.9 Å². The Hall–Kier alpha value is -2.06. The zero-order valence-electron chi connectivity index (χ0n) is 11.4. The van der Waals surface area contributed by atoms with Crippen LogP contribution in [0.4, 0.5) is 0 Å². The van der Waals surface area contributed by atoms with E-state index in [1.807, 2.05) is 19.9 Å². The van der Waals surface area contributed by atoms with Gasteiger partial charge in [0.25, 0.3) is 0 Å². The predicted molar refractivity (Wildman–Crippen MR) is 79.2 cm³/mol. The molecule has 5 heteroatoms. The molecule has 1 heterocycles. The van der Waals surface area contributed by atoms with E-state index < -0.39 is 0 Å². The summed E-state index contributed by atoms with van der Waals surface area (Å²) >= 11 is 3.41. The number of aromatic nitrogens is 1. The molecule has 0 radical (unpaired) electrons. The standard InChI is InChI=1S/C15H13BrN2O2/c1-9-6-10(2)18-15(12(9)8-17)20-14-5-4-11(19-3)7-13(14)16/h4-7H,1-3H3. The van der Waals surface area contributed by atoms with E-state index in [2.05, 4.69) is 27.0 Å². The van der Waals surface area contributed by atoms with E-state index in [1.54, 1.807) is 25.3 Å². The van der Waals surface area contributed by atoms with Crippen LogP contribution in [0.3, 0.4) is 0 Å². The van der Waals surface area contributed by atoms with Crippen molar-refractivity contribution in [1.29, 1.82) is 5.26 Å². The Bertz CT molecular complexity index is 693. The summed E-state index contributed by atoms with van der Waals surface area (Å²) < 4.78 is 11.6. The van der Waals surface area contributed by atoms with Crippen molar-refractivity contribution in [2.24, 2.45) is 0 Å². The number of nitrogens with zero attached hydrogens (tertiary/aromatic N) is 2. The van der Waals surface area contributed by atoms with Gasteiger partial charge < -0.3 is 9.47 Å². The molecule has 0 fully saturated rings. The molecule has 1 aromatic heterocycles. The van der Waals surface area contributed by atoms with Crippen molar-refractivity contribution in [2.45, 2.75) is 13.8 Å². The first-order chi connectivity index (χ1) is 9.55. The maximum absolute atomic E-state index is 9.22. The molecule has 0 saturated carbocycles.